The van der Waals surface area contributed by atoms with Gasteiger partial charge in [0.15, 0.2) is 0 Å². The molecule has 0 amide bonds. The molecule has 3 heteroatoms. The predicted molar refractivity (Wildman–Crippen MR) is 70.0 cm³/mol. The fourth-order valence-corrected chi connectivity index (χ4v) is 3.24. The number of thiazole rings is 1. The second-order valence-corrected chi connectivity index (χ2v) is 5.84. The van der Waals surface area contributed by atoms with Crippen molar-refractivity contribution >= 4 is 11.3 Å². The Morgan fingerprint density at radius 2 is 2.06 bits per heavy atom. The molecule has 0 unspecified atom stereocenters. The molecule has 2 nitrogen and oxygen atoms in total. The normalized spacial score (nSPS) is 16.0. The van der Waals surface area contributed by atoms with Gasteiger partial charge >= 0.3 is 0 Å². The molecule has 0 bridgehead atoms. The minimum atomic E-state index is 0.665. The van der Waals surface area contributed by atoms with Crippen LogP contribution < -0.4 is 5.32 Å². The Kier molecular flexibility index (Phi) is 3.98. The van der Waals surface area contributed by atoms with Gasteiger partial charge in [-0.2, -0.15) is 0 Å². The summed E-state index contributed by atoms with van der Waals surface area (Å²) < 4.78 is 0. The highest BCUT2D eigenvalue weighted by Gasteiger charge is 2.21. The van der Waals surface area contributed by atoms with E-state index in [1.807, 2.05) is 11.3 Å². The van der Waals surface area contributed by atoms with Gasteiger partial charge in [0.05, 0.1) is 10.7 Å². The van der Waals surface area contributed by atoms with Crippen LogP contribution in [-0.2, 0) is 6.54 Å². The summed E-state index contributed by atoms with van der Waals surface area (Å²) in [5.41, 5.74) is 1.24. The first-order valence-electron chi connectivity index (χ1n) is 6.44. The summed E-state index contributed by atoms with van der Waals surface area (Å²) >= 11 is 1.91. The molecule has 1 aliphatic carbocycles. The Morgan fingerprint density at radius 3 is 2.62 bits per heavy atom. The maximum absolute atomic E-state index is 4.73. The van der Waals surface area contributed by atoms with E-state index in [0.29, 0.717) is 5.92 Å². The summed E-state index contributed by atoms with van der Waals surface area (Å²) in [6.45, 7) is 7.68. The highest BCUT2D eigenvalue weighted by Crippen LogP contribution is 2.30. The van der Waals surface area contributed by atoms with Crippen LogP contribution in [0.2, 0.25) is 0 Å². The molecule has 0 aromatic carbocycles. The first-order chi connectivity index (χ1) is 7.74. The number of rotatable bonds is 6. The van der Waals surface area contributed by atoms with Gasteiger partial charge in [-0.1, -0.05) is 13.8 Å². The standard InChI is InChI=1S/C13H22N2S/c1-4-10(5-2)13-15-9(3)12(16-13)8-14-11-6-7-11/h10-11,14H,4-8H2,1-3H3. The summed E-state index contributed by atoms with van der Waals surface area (Å²) in [7, 11) is 0. The highest BCUT2D eigenvalue weighted by atomic mass is 32.1. The van der Waals surface area contributed by atoms with Crippen LogP contribution >= 0.6 is 11.3 Å². The van der Waals surface area contributed by atoms with E-state index < -0.39 is 0 Å². The van der Waals surface area contributed by atoms with E-state index in [1.165, 1.54) is 41.3 Å². The number of nitrogens with one attached hydrogen (secondary N) is 1. The van der Waals surface area contributed by atoms with Crippen molar-refractivity contribution in [1.29, 1.82) is 0 Å². The van der Waals surface area contributed by atoms with Crippen LogP contribution in [-0.4, -0.2) is 11.0 Å². The molecular formula is C13H22N2S. The van der Waals surface area contributed by atoms with Gasteiger partial charge in [0.2, 0.25) is 0 Å². The molecule has 1 fully saturated rings. The van der Waals surface area contributed by atoms with Gasteiger partial charge in [-0.15, -0.1) is 11.3 Å². The number of nitrogens with zero attached hydrogens (tertiary/aromatic N) is 1. The molecule has 1 aliphatic rings. The van der Waals surface area contributed by atoms with Crippen molar-refractivity contribution in [2.75, 3.05) is 0 Å². The average Bonchev–Trinajstić information content (AvgIpc) is 3.03. The zero-order chi connectivity index (χ0) is 11.5. The van der Waals surface area contributed by atoms with Gasteiger partial charge in [0, 0.05) is 23.4 Å². The molecule has 0 atom stereocenters. The van der Waals surface area contributed by atoms with Crippen molar-refractivity contribution in [1.82, 2.24) is 10.3 Å². The van der Waals surface area contributed by atoms with Gasteiger partial charge in [-0.3, -0.25) is 0 Å². The van der Waals surface area contributed by atoms with E-state index in [2.05, 4.69) is 26.1 Å². The van der Waals surface area contributed by atoms with Gasteiger partial charge < -0.3 is 5.32 Å². The number of hydrogen-bond acceptors (Lipinski definition) is 3. The third kappa shape index (κ3) is 2.83. The highest BCUT2D eigenvalue weighted by molar-refractivity contribution is 7.11. The molecule has 2 rings (SSSR count). The zero-order valence-electron chi connectivity index (χ0n) is 10.5. The van der Waals surface area contributed by atoms with Gasteiger partial charge in [-0.25, -0.2) is 4.98 Å². The fourth-order valence-electron chi connectivity index (χ4n) is 1.95. The lowest BCUT2D eigenvalue weighted by atomic mass is 10.1. The van der Waals surface area contributed by atoms with E-state index in [1.54, 1.807) is 0 Å². The van der Waals surface area contributed by atoms with Crippen LogP contribution in [0.25, 0.3) is 0 Å². The van der Waals surface area contributed by atoms with Crippen molar-refractivity contribution in [3.8, 4) is 0 Å². The first-order valence-corrected chi connectivity index (χ1v) is 7.25. The van der Waals surface area contributed by atoms with E-state index in [9.17, 15) is 0 Å². The van der Waals surface area contributed by atoms with Crippen molar-refractivity contribution < 1.29 is 0 Å². The summed E-state index contributed by atoms with van der Waals surface area (Å²) in [5.74, 6) is 0.665. The summed E-state index contributed by atoms with van der Waals surface area (Å²) in [5, 5.41) is 4.92. The minimum absolute atomic E-state index is 0.665. The molecule has 1 heterocycles. The van der Waals surface area contributed by atoms with Crippen molar-refractivity contribution in [2.24, 2.45) is 0 Å². The lowest BCUT2D eigenvalue weighted by molar-refractivity contribution is 0.636. The first kappa shape index (κ1) is 12.1. The fraction of sp³-hybridized carbons (Fsp3) is 0.769. The molecule has 16 heavy (non-hydrogen) atoms. The molecule has 1 aromatic heterocycles. The molecule has 1 saturated carbocycles. The quantitative estimate of drug-likeness (QED) is 0.819. The lowest BCUT2D eigenvalue weighted by Crippen LogP contribution is -2.14. The minimum Gasteiger partial charge on any atom is -0.309 e. The van der Waals surface area contributed by atoms with Crippen LogP contribution in [0.5, 0.6) is 0 Å². The Balaban J connectivity index is 2.01. The Bertz CT molecular complexity index is 338. The van der Waals surface area contributed by atoms with Crippen molar-refractivity contribution in [2.45, 2.75) is 65.0 Å². The van der Waals surface area contributed by atoms with Gasteiger partial charge in [0.25, 0.3) is 0 Å². The maximum atomic E-state index is 4.73. The third-order valence-corrected chi connectivity index (χ3v) is 4.69. The van der Waals surface area contributed by atoms with Crippen LogP contribution in [0, 0.1) is 6.92 Å². The lowest BCUT2D eigenvalue weighted by Gasteiger charge is -2.06. The van der Waals surface area contributed by atoms with Crippen LogP contribution in [0.4, 0.5) is 0 Å². The number of aromatic nitrogens is 1. The van der Waals surface area contributed by atoms with Crippen molar-refractivity contribution in [3.63, 3.8) is 0 Å². The van der Waals surface area contributed by atoms with E-state index in [4.69, 9.17) is 4.98 Å². The topological polar surface area (TPSA) is 24.9 Å². The molecule has 0 aliphatic heterocycles. The van der Waals surface area contributed by atoms with Gasteiger partial charge in [0.1, 0.15) is 0 Å². The molecular weight excluding hydrogens is 216 g/mol. The summed E-state index contributed by atoms with van der Waals surface area (Å²) in [6, 6.07) is 0.790. The zero-order valence-corrected chi connectivity index (χ0v) is 11.4. The Hall–Kier alpha value is -0.410. The molecule has 1 N–H and O–H groups in total. The van der Waals surface area contributed by atoms with E-state index in [-0.39, 0.29) is 0 Å². The number of hydrogen-bond donors (Lipinski definition) is 1. The summed E-state index contributed by atoms with van der Waals surface area (Å²) in [6.07, 6.45) is 5.13. The van der Waals surface area contributed by atoms with Crippen LogP contribution in [0.15, 0.2) is 0 Å². The second-order valence-electron chi connectivity index (χ2n) is 4.73. The largest absolute Gasteiger partial charge is 0.309 e. The molecule has 0 saturated heterocycles. The molecule has 90 valence electrons. The van der Waals surface area contributed by atoms with Gasteiger partial charge in [-0.05, 0) is 32.6 Å². The van der Waals surface area contributed by atoms with Crippen LogP contribution in [0.3, 0.4) is 0 Å². The Labute approximate surface area is 102 Å². The SMILES string of the molecule is CCC(CC)c1nc(C)c(CNC2CC2)s1. The van der Waals surface area contributed by atoms with Crippen LogP contribution in [0.1, 0.15) is 61.0 Å². The number of aryl methyl sites for hydroxylation is 1. The maximum Gasteiger partial charge on any atom is 0.0962 e. The van der Waals surface area contributed by atoms with E-state index in [0.717, 1.165) is 12.6 Å². The summed E-state index contributed by atoms with van der Waals surface area (Å²) in [4.78, 5) is 6.17. The average molecular weight is 238 g/mol. The van der Waals surface area contributed by atoms with Crippen molar-refractivity contribution in [3.05, 3.63) is 15.6 Å². The Morgan fingerprint density at radius 1 is 1.38 bits per heavy atom. The smallest absolute Gasteiger partial charge is 0.0962 e. The predicted octanol–water partition coefficient (Wildman–Crippen LogP) is 3.61. The molecule has 0 radical (unpaired) electrons. The molecule has 1 aromatic rings. The molecule has 0 spiro atoms. The monoisotopic (exact) mass is 238 g/mol. The second kappa shape index (κ2) is 5.28. The third-order valence-electron chi connectivity index (χ3n) is 3.37. The van der Waals surface area contributed by atoms with E-state index >= 15 is 0 Å².